The second kappa shape index (κ2) is 6.54. The number of hydrogen-bond acceptors (Lipinski definition) is 4. The van der Waals surface area contributed by atoms with Crippen LogP contribution in [0.5, 0.6) is 0 Å². The van der Waals surface area contributed by atoms with Crippen molar-refractivity contribution in [3.63, 3.8) is 0 Å². The molecule has 2 fully saturated rings. The molecule has 2 aliphatic heterocycles. The smallest absolute Gasteiger partial charge is 0.252 e. The fourth-order valence-electron chi connectivity index (χ4n) is 2.91. The van der Waals surface area contributed by atoms with Gasteiger partial charge in [-0.25, -0.2) is 0 Å². The molecule has 0 spiro atoms. The van der Waals surface area contributed by atoms with Gasteiger partial charge in [0.25, 0.3) is 5.91 Å². The standard InChI is InChI=1S/C14H25N3O3/c1-14(6-2-3-9-20-14)13(19)16-11-4-7-17(8-5-11)10-12(15)18/h11H,2-10H2,1H3,(H2,15,18)(H,16,19)/t14-/m1/s1. The zero-order valence-corrected chi connectivity index (χ0v) is 12.2. The van der Waals surface area contributed by atoms with Crippen molar-refractivity contribution < 1.29 is 14.3 Å². The SMILES string of the molecule is C[C@]1(C(=O)NC2CCN(CC(N)=O)CC2)CCCCO1. The number of ether oxygens (including phenoxy) is 1. The number of primary amides is 1. The third-order valence-electron chi connectivity index (χ3n) is 4.25. The van der Waals surface area contributed by atoms with Crippen LogP contribution in [0, 0.1) is 0 Å². The average Bonchev–Trinajstić information content (AvgIpc) is 2.41. The molecule has 6 heteroatoms. The van der Waals surface area contributed by atoms with E-state index in [2.05, 4.69) is 5.32 Å². The summed E-state index contributed by atoms with van der Waals surface area (Å²) in [6.07, 6.45) is 4.58. The van der Waals surface area contributed by atoms with Gasteiger partial charge in [0.15, 0.2) is 0 Å². The first-order valence-electron chi connectivity index (χ1n) is 7.45. The second-order valence-electron chi connectivity index (χ2n) is 6.03. The number of carbonyl (C=O) groups excluding carboxylic acids is 2. The van der Waals surface area contributed by atoms with E-state index >= 15 is 0 Å². The molecule has 0 aliphatic carbocycles. The first kappa shape index (κ1) is 15.3. The molecule has 2 amide bonds. The van der Waals surface area contributed by atoms with Gasteiger partial charge < -0.3 is 15.8 Å². The van der Waals surface area contributed by atoms with Gasteiger partial charge in [-0.2, -0.15) is 0 Å². The predicted molar refractivity (Wildman–Crippen MR) is 75.0 cm³/mol. The highest BCUT2D eigenvalue weighted by Crippen LogP contribution is 2.25. The Morgan fingerprint density at radius 1 is 1.35 bits per heavy atom. The maximum atomic E-state index is 12.3. The molecular formula is C14H25N3O3. The van der Waals surface area contributed by atoms with Crippen LogP contribution >= 0.6 is 0 Å². The lowest BCUT2D eigenvalue weighted by atomic mass is 9.94. The Bertz CT molecular complexity index is 359. The number of hydrogen-bond donors (Lipinski definition) is 2. The first-order chi connectivity index (χ1) is 9.49. The van der Waals surface area contributed by atoms with Crippen molar-refractivity contribution in [1.29, 1.82) is 0 Å². The zero-order valence-electron chi connectivity index (χ0n) is 12.2. The van der Waals surface area contributed by atoms with Crippen molar-refractivity contribution in [2.75, 3.05) is 26.2 Å². The quantitative estimate of drug-likeness (QED) is 0.761. The van der Waals surface area contributed by atoms with Crippen LogP contribution in [-0.2, 0) is 14.3 Å². The third-order valence-corrected chi connectivity index (χ3v) is 4.25. The minimum atomic E-state index is -0.664. The number of piperidine rings is 1. The number of rotatable bonds is 4. The maximum Gasteiger partial charge on any atom is 0.252 e. The lowest BCUT2D eigenvalue weighted by Gasteiger charge is -2.36. The minimum absolute atomic E-state index is 0.00514. The number of nitrogens with zero attached hydrogens (tertiary/aromatic N) is 1. The van der Waals surface area contributed by atoms with Crippen LogP contribution in [0.4, 0.5) is 0 Å². The molecule has 114 valence electrons. The van der Waals surface area contributed by atoms with E-state index in [1.807, 2.05) is 11.8 Å². The summed E-state index contributed by atoms with van der Waals surface area (Å²) in [4.78, 5) is 25.2. The molecule has 3 N–H and O–H groups in total. The van der Waals surface area contributed by atoms with E-state index in [1.165, 1.54) is 0 Å². The van der Waals surface area contributed by atoms with Crippen LogP contribution in [-0.4, -0.2) is 54.6 Å². The largest absolute Gasteiger partial charge is 0.369 e. The second-order valence-corrected chi connectivity index (χ2v) is 6.03. The normalized spacial score (nSPS) is 29.1. The van der Waals surface area contributed by atoms with Crippen molar-refractivity contribution in [2.45, 2.75) is 50.7 Å². The van der Waals surface area contributed by atoms with Crippen LogP contribution in [0.3, 0.4) is 0 Å². The molecule has 2 rings (SSSR count). The summed E-state index contributed by atoms with van der Waals surface area (Å²) in [5, 5.41) is 3.10. The van der Waals surface area contributed by atoms with Gasteiger partial charge in [0.1, 0.15) is 5.60 Å². The molecule has 0 bridgehead atoms. The first-order valence-corrected chi connectivity index (χ1v) is 7.45. The number of amides is 2. The maximum absolute atomic E-state index is 12.3. The van der Waals surface area contributed by atoms with E-state index in [1.54, 1.807) is 0 Å². The summed E-state index contributed by atoms with van der Waals surface area (Å²) < 4.78 is 5.66. The molecule has 0 aromatic carbocycles. The molecule has 0 unspecified atom stereocenters. The van der Waals surface area contributed by atoms with E-state index < -0.39 is 5.60 Å². The highest BCUT2D eigenvalue weighted by molar-refractivity contribution is 5.85. The summed E-state index contributed by atoms with van der Waals surface area (Å²) in [6, 6.07) is 0.175. The minimum Gasteiger partial charge on any atom is -0.369 e. The molecule has 1 atom stereocenters. The van der Waals surface area contributed by atoms with Crippen molar-refractivity contribution in [3.8, 4) is 0 Å². The van der Waals surface area contributed by atoms with Crippen LogP contribution in [0.15, 0.2) is 0 Å². The molecule has 0 saturated carbocycles. The zero-order chi connectivity index (χ0) is 14.6. The molecule has 0 aromatic rings. The molecule has 2 saturated heterocycles. The molecule has 0 radical (unpaired) electrons. The van der Waals surface area contributed by atoms with Gasteiger partial charge in [0, 0.05) is 25.7 Å². The third kappa shape index (κ3) is 3.93. The fraction of sp³-hybridized carbons (Fsp3) is 0.857. The van der Waals surface area contributed by atoms with Gasteiger partial charge in [0.2, 0.25) is 5.91 Å². The number of likely N-dealkylation sites (tertiary alicyclic amines) is 1. The summed E-state index contributed by atoms with van der Waals surface area (Å²) in [5.41, 5.74) is 4.52. The Morgan fingerprint density at radius 2 is 2.05 bits per heavy atom. The number of nitrogens with one attached hydrogen (secondary N) is 1. The molecule has 2 aliphatic rings. The van der Waals surface area contributed by atoms with Gasteiger partial charge in [0.05, 0.1) is 6.54 Å². The van der Waals surface area contributed by atoms with Gasteiger partial charge in [-0.3, -0.25) is 14.5 Å². The topological polar surface area (TPSA) is 84.7 Å². The summed E-state index contributed by atoms with van der Waals surface area (Å²) in [6.45, 7) is 4.45. The van der Waals surface area contributed by atoms with Gasteiger partial charge in [-0.15, -0.1) is 0 Å². The van der Waals surface area contributed by atoms with Crippen molar-refractivity contribution in [2.24, 2.45) is 5.73 Å². The van der Waals surface area contributed by atoms with E-state index in [0.717, 1.165) is 45.2 Å². The number of nitrogens with two attached hydrogens (primary N) is 1. The van der Waals surface area contributed by atoms with Crippen LogP contribution in [0.25, 0.3) is 0 Å². The van der Waals surface area contributed by atoms with E-state index in [9.17, 15) is 9.59 Å². The highest BCUT2D eigenvalue weighted by Gasteiger charge is 2.37. The van der Waals surface area contributed by atoms with E-state index in [0.29, 0.717) is 13.2 Å². The van der Waals surface area contributed by atoms with Crippen molar-refractivity contribution in [3.05, 3.63) is 0 Å². The Balaban J connectivity index is 1.77. The Morgan fingerprint density at radius 3 is 2.60 bits per heavy atom. The fourth-order valence-corrected chi connectivity index (χ4v) is 2.91. The van der Waals surface area contributed by atoms with Crippen LogP contribution in [0.1, 0.15) is 39.0 Å². The molecule has 6 nitrogen and oxygen atoms in total. The van der Waals surface area contributed by atoms with Gasteiger partial charge in [-0.1, -0.05) is 0 Å². The van der Waals surface area contributed by atoms with Gasteiger partial charge >= 0.3 is 0 Å². The lowest BCUT2D eigenvalue weighted by molar-refractivity contribution is -0.151. The molecule has 20 heavy (non-hydrogen) atoms. The van der Waals surface area contributed by atoms with Gasteiger partial charge in [-0.05, 0) is 39.0 Å². The Labute approximate surface area is 120 Å². The van der Waals surface area contributed by atoms with E-state index in [4.69, 9.17) is 10.5 Å². The van der Waals surface area contributed by atoms with Crippen molar-refractivity contribution in [1.82, 2.24) is 10.2 Å². The van der Waals surface area contributed by atoms with Crippen molar-refractivity contribution >= 4 is 11.8 Å². The average molecular weight is 283 g/mol. The number of carbonyl (C=O) groups is 2. The summed E-state index contributed by atoms with van der Waals surface area (Å²) in [5.74, 6) is -0.291. The highest BCUT2D eigenvalue weighted by atomic mass is 16.5. The molecule has 2 heterocycles. The summed E-state index contributed by atoms with van der Waals surface area (Å²) in [7, 11) is 0. The Hall–Kier alpha value is -1.14. The van der Waals surface area contributed by atoms with E-state index in [-0.39, 0.29) is 17.9 Å². The molecule has 0 aromatic heterocycles. The summed E-state index contributed by atoms with van der Waals surface area (Å²) >= 11 is 0. The van der Waals surface area contributed by atoms with Crippen LogP contribution in [0.2, 0.25) is 0 Å². The molecular weight excluding hydrogens is 258 g/mol. The van der Waals surface area contributed by atoms with Crippen LogP contribution < -0.4 is 11.1 Å². The Kier molecular flexibility index (Phi) is 4.99. The monoisotopic (exact) mass is 283 g/mol. The predicted octanol–water partition coefficient (Wildman–Crippen LogP) is 0.0115. The lowest BCUT2D eigenvalue weighted by Crippen LogP contribution is -2.54.